The van der Waals surface area contributed by atoms with Crippen LogP contribution in [0.1, 0.15) is 13.3 Å². The Kier molecular flexibility index (Phi) is 5.17. The number of carbonyl (C=O) groups excluding carboxylic acids is 1. The normalized spacial score (nSPS) is 11.8. The van der Waals surface area contributed by atoms with E-state index in [1.165, 1.54) is 12.1 Å². The number of carbonyl (C=O) groups is 1. The van der Waals surface area contributed by atoms with Crippen molar-refractivity contribution in [2.24, 2.45) is 0 Å². The van der Waals surface area contributed by atoms with Gasteiger partial charge in [-0.15, -0.1) is 0 Å². The molecule has 0 unspecified atom stereocenters. The van der Waals surface area contributed by atoms with E-state index in [-0.39, 0.29) is 11.7 Å². The lowest BCUT2D eigenvalue weighted by Crippen LogP contribution is -2.32. The minimum atomic E-state index is -0.777. The molecular weight excluding hydrogens is 293 g/mol. The smallest absolute Gasteiger partial charge is 0.265 e. The monoisotopic (exact) mass is 307 g/mol. The highest BCUT2D eigenvalue weighted by atomic mass is 35.5. The van der Waals surface area contributed by atoms with Crippen molar-refractivity contribution >= 4 is 23.2 Å². The molecule has 0 bridgehead atoms. The van der Waals surface area contributed by atoms with Gasteiger partial charge in [-0.05, 0) is 36.8 Å². The van der Waals surface area contributed by atoms with Gasteiger partial charge in [0.1, 0.15) is 0 Å². The molecule has 5 heteroatoms. The summed E-state index contributed by atoms with van der Waals surface area (Å²) in [7, 11) is 0. The van der Waals surface area contributed by atoms with Crippen LogP contribution in [0.2, 0.25) is 5.02 Å². The second-order valence-electron chi connectivity index (χ2n) is 4.44. The maximum absolute atomic E-state index is 13.6. The molecule has 21 heavy (non-hydrogen) atoms. The second-order valence-corrected chi connectivity index (χ2v) is 4.88. The molecule has 0 aromatic heterocycles. The van der Waals surface area contributed by atoms with E-state index in [0.717, 1.165) is 0 Å². The van der Waals surface area contributed by atoms with Gasteiger partial charge in [0.15, 0.2) is 17.7 Å². The van der Waals surface area contributed by atoms with Crippen LogP contribution in [0.5, 0.6) is 5.75 Å². The van der Waals surface area contributed by atoms with Gasteiger partial charge in [-0.2, -0.15) is 0 Å². The third kappa shape index (κ3) is 4.20. The van der Waals surface area contributed by atoms with E-state index < -0.39 is 11.9 Å². The van der Waals surface area contributed by atoms with Crippen LogP contribution in [0, 0.1) is 5.82 Å². The van der Waals surface area contributed by atoms with E-state index in [0.29, 0.717) is 17.1 Å². The molecule has 1 amide bonds. The Labute approximate surface area is 127 Å². The molecule has 1 N–H and O–H groups in total. The number of ether oxygens (including phenoxy) is 1. The SMILES string of the molecule is CC[C@@H](Oc1ccccc1F)C(=O)Nc1cccc(Cl)c1. The predicted molar refractivity (Wildman–Crippen MR) is 81.2 cm³/mol. The summed E-state index contributed by atoms with van der Waals surface area (Å²) < 4.78 is 19.0. The number of anilines is 1. The molecule has 0 heterocycles. The fourth-order valence-electron chi connectivity index (χ4n) is 1.80. The summed E-state index contributed by atoms with van der Waals surface area (Å²) >= 11 is 5.86. The van der Waals surface area contributed by atoms with Gasteiger partial charge in [0.05, 0.1) is 0 Å². The lowest BCUT2D eigenvalue weighted by atomic mass is 10.2. The minimum absolute atomic E-state index is 0.0607. The minimum Gasteiger partial charge on any atom is -0.478 e. The van der Waals surface area contributed by atoms with Crippen molar-refractivity contribution in [3.05, 3.63) is 59.4 Å². The van der Waals surface area contributed by atoms with E-state index in [4.69, 9.17) is 16.3 Å². The van der Waals surface area contributed by atoms with Crippen LogP contribution in [0.4, 0.5) is 10.1 Å². The first-order chi connectivity index (χ1) is 10.1. The largest absolute Gasteiger partial charge is 0.478 e. The van der Waals surface area contributed by atoms with Crippen molar-refractivity contribution in [2.75, 3.05) is 5.32 Å². The van der Waals surface area contributed by atoms with Gasteiger partial charge in [-0.1, -0.05) is 36.7 Å². The molecule has 110 valence electrons. The maximum atomic E-state index is 13.6. The summed E-state index contributed by atoms with van der Waals surface area (Å²) in [6, 6.07) is 12.8. The number of halogens is 2. The van der Waals surface area contributed by atoms with Crippen LogP contribution < -0.4 is 10.1 Å². The molecule has 0 spiro atoms. The average molecular weight is 308 g/mol. The van der Waals surface area contributed by atoms with E-state index in [2.05, 4.69) is 5.32 Å². The van der Waals surface area contributed by atoms with Crippen molar-refractivity contribution < 1.29 is 13.9 Å². The van der Waals surface area contributed by atoms with Gasteiger partial charge in [-0.3, -0.25) is 4.79 Å². The Balaban J connectivity index is 2.07. The zero-order valence-electron chi connectivity index (χ0n) is 11.5. The molecule has 0 radical (unpaired) electrons. The number of rotatable bonds is 5. The summed E-state index contributed by atoms with van der Waals surface area (Å²) in [5.41, 5.74) is 0.572. The van der Waals surface area contributed by atoms with Gasteiger partial charge in [0.25, 0.3) is 5.91 Å². The highest BCUT2D eigenvalue weighted by Crippen LogP contribution is 2.20. The molecule has 0 fully saturated rings. The molecule has 0 aliphatic rings. The van der Waals surface area contributed by atoms with Gasteiger partial charge in [0, 0.05) is 10.7 Å². The zero-order valence-corrected chi connectivity index (χ0v) is 12.2. The van der Waals surface area contributed by atoms with Crippen LogP contribution in [-0.4, -0.2) is 12.0 Å². The number of nitrogens with one attached hydrogen (secondary N) is 1. The summed E-state index contributed by atoms with van der Waals surface area (Å²) in [5, 5.41) is 3.23. The fourth-order valence-corrected chi connectivity index (χ4v) is 2.00. The van der Waals surface area contributed by atoms with Crippen molar-refractivity contribution in [2.45, 2.75) is 19.4 Å². The Hall–Kier alpha value is -2.07. The molecule has 0 saturated heterocycles. The van der Waals surface area contributed by atoms with Crippen molar-refractivity contribution in [1.82, 2.24) is 0 Å². The van der Waals surface area contributed by atoms with Crippen molar-refractivity contribution in [3.8, 4) is 5.75 Å². The van der Waals surface area contributed by atoms with Gasteiger partial charge in [-0.25, -0.2) is 4.39 Å². The number of hydrogen-bond donors (Lipinski definition) is 1. The second kappa shape index (κ2) is 7.09. The van der Waals surface area contributed by atoms with Crippen LogP contribution in [0.3, 0.4) is 0 Å². The van der Waals surface area contributed by atoms with Crippen molar-refractivity contribution in [3.63, 3.8) is 0 Å². The first kappa shape index (κ1) is 15.3. The molecule has 3 nitrogen and oxygen atoms in total. The molecule has 2 rings (SSSR count). The number of benzene rings is 2. The summed E-state index contributed by atoms with van der Waals surface area (Å²) in [4.78, 5) is 12.2. The fraction of sp³-hybridized carbons (Fsp3) is 0.188. The molecular formula is C16H15ClFNO2. The third-order valence-corrected chi connectivity index (χ3v) is 3.10. The molecule has 2 aromatic rings. The van der Waals surface area contributed by atoms with Gasteiger partial charge in [0.2, 0.25) is 0 Å². The van der Waals surface area contributed by atoms with Gasteiger partial charge < -0.3 is 10.1 Å². The Morgan fingerprint density at radius 1 is 1.29 bits per heavy atom. The molecule has 0 aliphatic carbocycles. The number of amides is 1. The predicted octanol–water partition coefficient (Wildman–Crippen LogP) is 4.28. The molecule has 0 saturated carbocycles. The quantitative estimate of drug-likeness (QED) is 0.895. The molecule has 1 atom stereocenters. The lowest BCUT2D eigenvalue weighted by Gasteiger charge is -2.17. The summed E-state index contributed by atoms with van der Waals surface area (Å²) in [6.45, 7) is 1.79. The average Bonchev–Trinajstić information content (AvgIpc) is 2.46. The van der Waals surface area contributed by atoms with E-state index >= 15 is 0 Å². The Morgan fingerprint density at radius 2 is 2.05 bits per heavy atom. The Morgan fingerprint density at radius 3 is 2.71 bits per heavy atom. The third-order valence-electron chi connectivity index (χ3n) is 2.86. The van der Waals surface area contributed by atoms with Crippen LogP contribution in [-0.2, 0) is 4.79 Å². The lowest BCUT2D eigenvalue weighted by molar-refractivity contribution is -0.122. The highest BCUT2D eigenvalue weighted by Gasteiger charge is 2.20. The zero-order chi connectivity index (χ0) is 15.2. The maximum Gasteiger partial charge on any atom is 0.265 e. The Bertz CT molecular complexity index is 633. The number of hydrogen-bond acceptors (Lipinski definition) is 2. The van der Waals surface area contributed by atoms with Crippen LogP contribution >= 0.6 is 11.6 Å². The van der Waals surface area contributed by atoms with E-state index in [1.54, 1.807) is 43.3 Å². The first-order valence-electron chi connectivity index (χ1n) is 6.57. The molecule has 0 aliphatic heterocycles. The summed E-state index contributed by atoms with van der Waals surface area (Å²) in [5.74, 6) is -0.778. The van der Waals surface area contributed by atoms with Crippen LogP contribution in [0.15, 0.2) is 48.5 Å². The first-order valence-corrected chi connectivity index (χ1v) is 6.95. The standard InChI is InChI=1S/C16H15ClFNO2/c1-2-14(21-15-9-4-3-8-13(15)18)16(20)19-12-7-5-6-11(17)10-12/h3-10,14H,2H2,1H3,(H,19,20)/t14-/m1/s1. The molecule has 2 aromatic carbocycles. The van der Waals surface area contributed by atoms with Crippen LogP contribution in [0.25, 0.3) is 0 Å². The van der Waals surface area contributed by atoms with Gasteiger partial charge >= 0.3 is 0 Å². The van der Waals surface area contributed by atoms with E-state index in [1.807, 2.05) is 0 Å². The topological polar surface area (TPSA) is 38.3 Å². The van der Waals surface area contributed by atoms with Crippen molar-refractivity contribution in [1.29, 1.82) is 0 Å². The summed E-state index contributed by atoms with van der Waals surface area (Å²) in [6.07, 6.45) is -0.360. The van der Waals surface area contributed by atoms with E-state index in [9.17, 15) is 9.18 Å². The highest BCUT2D eigenvalue weighted by molar-refractivity contribution is 6.30. The number of para-hydroxylation sites is 1.